The van der Waals surface area contributed by atoms with Crippen molar-refractivity contribution in [3.05, 3.63) is 65.7 Å². The molecule has 2 amide bonds. The average molecular weight is 352 g/mol. The van der Waals surface area contributed by atoms with E-state index >= 15 is 0 Å². The van der Waals surface area contributed by atoms with Crippen molar-refractivity contribution in [2.45, 2.75) is 12.8 Å². The van der Waals surface area contributed by atoms with Crippen LogP contribution in [0.15, 0.2) is 54.6 Å². The van der Waals surface area contributed by atoms with E-state index < -0.39 is 11.4 Å². The number of carboxylic acid groups (broad SMARTS) is 1. The molecule has 3 rings (SSSR count). The minimum absolute atomic E-state index is 0.100. The molecule has 0 heterocycles. The number of hydrogen-bond donors (Lipinski definition) is 2. The number of rotatable bonds is 6. The van der Waals surface area contributed by atoms with E-state index in [-0.39, 0.29) is 18.4 Å². The van der Waals surface area contributed by atoms with Gasteiger partial charge in [-0.15, -0.1) is 0 Å². The van der Waals surface area contributed by atoms with E-state index in [2.05, 4.69) is 5.32 Å². The fraction of sp³-hybridized carbons (Fsp3) is 0.250. The molecule has 0 unspecified atom stereocenters. The normalized spacial score (nSPS) is 14.3. The van der Waals surface area contributed by atoms with Gasteiger partial charge in [-0.25, -0.2) is 0 Å². The molecule has 0 saturated heterocycles. The van der Waals surface area contributed by atoms with Crippen molar-refractivity contribution in [3.63, 3.8) is 0 Å². The maximum Gasteiger partial charge on any atom is 0.311 e. The lowest BCUT2D eigenvalue weighted by atomic mass is 10.1. The molecule has 0 bridgehead atoms. The summed E-state index contributed by atoms with van der Waals surface area (Å²) in [5.74, 6) is -1.49. The third-order valence-electron chi connectivity index (χ3n) is 4.71. The second-order valence-electron chi connectivity index (χ2n) is 6.55. The molecule has 1 aliphatic rings. The van der Waals surface area contributed by atoms with Gasteiger partial charge in [0.15, 0.2) is 0 Å². The van der Waals surface area contributed by atoms with Gasteiger partial charge in [-0.05, 0) is 43.2 Å². The van der Waals surface area contributed by atoms with E-state index in [1.807, 2.05) is 30.3 Å². The van der Waals surface area contributed by atoms with E-state index in [0.717, 1.165) is 5.69 Å². The number of para-hydroxylation sites is 1. The van der Waals surface area contributed by atoms with E-state index in [1.165, 1.54) is 11.0 Å². The molecule has 0 aliphatic heterocycles. The van der Waals surface area contributed by atoms with Gasteiger partial charge in [0, 0.05) is 30.4 Å². The molecular weight excluding hydrogens is 332 g/mol. The fourth-order valence-corrected chi connectivity index (χ4v) is 2.72. The molecule has 1 aliphatic carbocycles. The van der Waals surface area contributed by atoms with Crippen molar-refractivity contribution >= 4 is 23.5 Å². The maximum atomic E-state index is 12.7. The van der Waals surface area contributed by atoms with E-state index in [1.54, 1.807) is 25.2 Å². The van der Waals surface area contributed by atoms with E-state index in [4.69, 9.17) is 0 Å². The van der Waals surface area contributed by atoms with Gasteiger partial charge in [0.1, 0.15) is 0 Å². The van der Waals surface area contributed by atoms with Crippen LogP contribution in [0, 0.1) is 5.41 Å². The molecule has 134 valence electrons. The second-order valence-corrected chi connectivity index (χ2v) is 6.55. The largest absolute Gasteiger partial charge is 0.481 e. The van der Waals surface area contributed by atoms with Crippen molar-refractivity contribution < 1.29 is 19.5 Å². The number of anilines is 1. The Bertz CT molecular complexity index is 844. The molecule has 2 aromatic rings. The van der Waals surface area contributed by atoms with Crippen LogP contribution in [0.2, 0.25) is 0 Å². The third kappa shape index (κ3) is 3.59. The Labute approximate surface area is 151 Å². The number of hydrogen-bond acceptors (Lipinski definition) is 3. The molecule has 1 fully saturated rings. The number of nitrogens with zero attached hydrogens (tertiary/aromatic N) is 1. The topological polar surface area (TPSA) is 86.7 Å². The number of benzene rings is 2. The Hall–Kier alpha value is -3.15. The average Bonchev–Trinajstić information content (AvgIpc) is 3.47. The Morgan fingerprint density at radius 2 is 1.69 bits per heavy atom. The standard InChI is InChI=1S/C20H20N2O4/c1-22(16-8-3-2-4-9-16)18(24)15-7-5-6-14(12-15)17(23)21-13-20(10-11-20)19(25)26/h2-9,12H,10-11,13H2,1H3,(H,21,23)(H,25,26). The van der Waals surface area contributed by atoms with E-state index in [9.17, 15) is 19.5 Å². The molecule has 0 spiro atoms. The lowest BCUT2D eigenvalue weighted by molar-refractivity contribution is -0.143. The summed E-state index contributed by atoms with van der Waals surface area (Å²) in [4.78, 5) is 37.7. The number of aliphatic carboxylic acids is 1. The molecule has 1 saturated carbocycles. The molecule has 2 aromatic carbocycles. The first-order chi connectivity index (χ1) is 12.4. The minimum atomic E-state index is -0.883. The quantitative estimate of drug-likeness (QED) is 0.836. The van der Waals surface area contributed by atoms with Crippen molar-refractivity contribution in [1.82, 2.24) is 5.32 Å². The predicted octanol–water partition coefficient (Wildman–Crippen LogP) is 2.56. The van der Waals surface area contributed by atoms with Crippen LogP contribution in [0.1, 0.15) is 33.6 Å². The first kappa shape index (κ1) is 17.7. The van der Waals surface area contributed by atoms with Crippen LogP contribution < -0.4 is 10.2 Å². The summed E-state index contributed by atoms with van der Waals surface area (Å²) in [7, 11) is 1.67. The predicted molar refractivity (Wildman–Crippen MR) is 97.3 cm³/mol. The fourth-order valence-electron chi connectivity index (χ4n) is 2.72. The van der Waals surface area contributed by atoms with Gasteiger partial charge < -0.3 is 15.3 Å². The summed E-state index contributed by atoms with van der Waals surface area (Å²) in [6.45, 7) is 0.100. The first-order valence-corrected chi connectivity index (χ1v) is 8.38. The van der Waals surface area contributed by atoms with Gasteiger partial charge in [-0.1, -0.05) is 24.3 Å². The summed E-state index contributed by atoms with van der Waals surface area (Å²) < 4.78 is 0. The summed E-state index contributed by atoms with van der Waals surface area (Å²) >= 11 is 0. The van der Waals surface area contributed by atoms with Crippen LogP contribution in [0.4, 0.5) is 5.69 Å². The zero-order chi connectivity index (χ0) is 18.7. The Morgan fingerprint density at radius 1 is 1.04 bits per heavy atom. The highest BCUT2D eigenvalue weighted by Gasteiger charge is 2.50. The first-order valence-electron chi connectivity index (χ1n) is 8.38. The zero-order valence-corrected chi connectivity index (χ0v) is 14.4. The molecule has 0 aromatic heterocycles. The summed E-state index contributed by atoms with van der Waals surface area (Å²) in [6, 6.07) is 15.6. The van der Waals surface area contributed by atoms with E-state index in [0.29, 0.717) is 24.0 Å². The Morgan fingerprint density at radius 3 is 2.31 bits per heavy atom. The van der Waals surface area contributed by atoms with Gasteiger partial charge in [0.2, 0.25) is 0 Å². The lowest BCUT2D eigenvalue weighted by Crippen LogP contribution is -2.34. The minimum Gasteiger partial charge on any atom is -0.481 e. The number of carbonyl (C=O) groups excluding carboxylic acids is 2. The summed E-state index contributed by atoms with van der Waals surface area (Å²) in [5, 5.41) is 11.8. The number of carbonyl (C=O) groups is 3. The van der Waals surface area contributed by atoms with Gasteiger partial charge in [0.25, 0.3) is 11.8 Å². The highest BCUT2D eigenvalue weighted by molar-refractivity contribution is 6.07. The molecule has 6 heteroatoms. The van der Waals surface area contributed by atoms with Gasteiger partial charge in [-0.2, -0.15) is 0 Å². The summed E-state index contributed by atoms with van der Waals surface area (Å²) in [5.41, 5.74) is 0.655. The van der Waals surface area contributed by atoms with Crippen LogP contribution in [0.25, 0.3) is 0 Å². The van der Waals surface area contributed by atoms with Crippen molar-refractivity contribution in [2.24, 2.45) is 5.41 Å². The van der Waals surface area contributed by atoms with Crippen LogP contribution in [0.5, 0.6) is 0 Å². The SMILES string of the molecule is CN(C(=O)c1cccc(C(=O)NCC2(C(=O)O)CC2)c1)c1ccccc1. The van der Waals surface area contributed by atoms with Crippen LogP contribution in [0.3, 0.4) is 0 Å². The molecule has 2 N–H and O–H groups in total. The Balaban J connectivity index is 1.70. The van der Waals surface area contributed by atoms with Crippen LogP contribution in [-0.2, 0) is 4.79 Å². The highest BCUT2D eigenvalue weighted by atomic mass is 16.4. The van der Waals surface area contributed by atoms with Crippen molar-refractivity contribution in [2.75, 3.05) is 18.5 Å². The van der Waals surface area contributed by atoms with Gasteiger partial charge in [-0.3, -0.25) is 14.4 Å². The van der Waals surface area contributed by atoms with Crippen molar-refractivity contribution in [3.8, 4) is 0 Å². The Kier molecular flexibility index (Phi) is 4.75. The molecular formula is C20H20N2O4. The molecule has 0 radical (unpaired) electrons. The number of nitrogens with one attached hydrogen (secondary N) is 1. The van der Waals surface area contributed by atoms with Gasteiger partial charge in [0.05, 0.1) is 5.41 Å². The molecule has 0 atom stereocenters. The van der Waals surface area contributed by atoms with Crippen LogP contribution >= 0.6 is 0 Å². The third-order valence-corrected chi connectivity index (χ3v) is 4.71. The summed E-state index contributed by atoms with van der Waals surface area (Å²) in [6.07, 6.45) is 1.14. The van der Waals surface area contributed by atoms with Crippen molar-refractivity contribution in [1.29, 1.82) is 0 Å². The smallest absolute Gasteiger partial charge is 0.311 e. The van der Waals surface area contributed by atoms with Crippen LogP contribution in [-0.4, -0.2) is 36.5 Å². The number of amides is 2. The lowest BCUT2D eigenvalue weighted by Gasteiger charge is -2.17. The monoisotopic (exact) mass is 352 g/mol. The highest BCUT2D eigenvalue weighted by Crippen LogP contribution is 2.45. The maximum absolute atomic E-state index is 12.7. The molecule has 26 heavy (non-hydrogen) atoms. The second kappa shape index (κ2) is 7.00. The molecule has 6 nitrogen and oxygen atoms in total. The number of carboxylic acids is 1. The van der Waals surface area contributed by atoms with Gasteiger partial charge >= 0.3 is 5.97 Å². The zero-order valence-electron chi connectivity index (χ0n) is 14.4.